The second-order valence-corrected chi connectivity index (χ2v) is 9.52. The van der Waals surface area contributed by atoms with Gasteiger partial charge in [-0.2, -0.15) is 0 Å². The largest absolute Gasteiger partial charge is 0.394 e. The van der Waals surface area contributed by atoms with E-state index >= 15 is 0 Å². The minimum absolute atomic E-state index is 0.0103. The maximum Gasteiger partial charge on any atom is 0.178 e. The Balaban J connectivity index is 1.77. The Hall–Kier alpha value is -1.05. The first-order valence-corrected chi connectivity index (χ1v) is 9.91. The van der Waals surface area contributed by atoms with E-state index in [0.29, 0.717) is 31.3 Å². The van der Waals surface area contributed by atoms with Gasteiger partial charge in [-0.15, -0.1) is 0 Å². The highest BCUT2D eigenvalue weighted by Crippen LogP contribution is 2.67. The first-order valence-electron chi connectivity index (χ1n) is 9.91. The highest BCUT2D eigenvalue weighted by atomic mass is 16.4. The normalized spacial score (nSPS) is 52.6. The van der Waals surface area contributed by atoms with Crippen LogP contribution in [0, 0.1) is 28.6 Å². The molecule has 5 N–H and O–H groups in total. The third kappa shape index (κ3) is 2.34. The number of fused-ring (bicyclic) bond motifs is 5. The lowest BCUT2D eigenvalue weighted by molar-refractivity contribution is -0.207. The molecule has 0 amide bonds. The number of carbonyl (C=O) groups is 1. The van der Waals surface area contributed by atoms with Crippen molar-refractivity contribution in [1.82, 2.24) is 0 Å². The van der Waals surface area contributed by atoms with Crippen molar-refractivity contribution in [1.29, 1.82) is 0 Å². The Morgan fingerprint density at radius 1 is 1.30 bits per heavy atom. The molecule has 0 bridgehead atoms. The molecule has 0 aromatic carbocycles. The van der Waals surface area contributed by atoms with E-state index in [1.807, 2.05) is 19.9 Å². The van der Waals surface area contributed by atoms with Crippen molar-refractivity contribution in [2.24, 2.45) is 28.6 Å². The van der Waals surface area contributed by atoms with Crippen LogP contribution in [0.25, 0.3) is 0 Å². The summed E-state index contributed by atoms with van der Waals surface area (Å²) in [6, 6.07) is 0. The van der Waals surface area contributed by atoms with Crippen molar-refractivity contribution < 1.29 is 30.3 Å². The predicted octanol–water partition coefficient (Wildman–Crippen LogP) is 0.320. The van der Waals surface area contributed by atoms with Crippen molar-refractivity contribution in [2.75, 3.05) is 6.61 Å². The Morgan fingerprint density at radius 3 is 2.67 bits per heavy atom. The maximum atomic E-state index is 11.9. The maximum absolute atomic E-state index is 11.9. The highest BCUT2D eigenvalue weighted by molar-refractivity contribution is 6.01. The van der Waals surface area contributed by atoms with Gasteiger partial charge in [0.05, 0.1) is 24.4 Å². The number of hydrogen-bond donors (Lipinski definition) is 5. The molecule has 4 aliphatic rings. The monoisotopic (exact) mass is 378 g/mol. The zero-order chi connectivity index (χ0) is 19.8. The molecule has 0 saturated heterocycles. The molecule has 4 aliphatic carbocycles. The lowest BCUT2D eigenvalue weighted by Gasteiger charge is -2.61. The SMILES string of the molecule is C[C@]12C=CC(=O)C=C1[C@@H](O)C[C@@H]1[C@@H]2[C@@H](O)C[C@@]2(C)[C@H]1CC[C@]2(O)[C@@H](O)CO. The van der Waals surface area contributed by atoms with Gasteiger partial charge in [0.25, 0.3) is 0 Å². The quantitative estimate of drug-likeness (QED) is 0.472. The van der Waals surface area contributed by atoms with E-state index < -0.39 is 41.3 Å². The molecule has 6 heteroatoms. The van der Waals surface area contributed by atoms with E-state index in [-0.39, 0.29) is 23.5 Å². The molecule has 0 aromatic rings. The molecule has 3 fully saturated rings. The van der Waals surface area contributed by atoms with Crippen LogP contribution in [0.3, 0.4) is 0 Å². The van der Waals surface area contributed by atoms with Gasteiger partial charge in [-0.05, 0) is 55.2 Å². The standard InChI is InChI=1S/C21H30O6/c1-19-5-3-11(23)7-14(19)15(24)8-12-13-4-6-21(27,17(26)10-22)20(13,2)9-16(25)18(12)19/h3,5,7,12-13,15-18,22,24-27H,4,6,8-10H2,1-2H3/t12-,13-,15-,16-,17-,18+,19-,20-,21-/m0/s1. The number of carbonyl (C=O) groups excluding carboxylic acids is 1. The van der Waals surface area contributed by atoms with Gasteiger partial charge < -0.3 is 25.5 Å². The van der Waals surface area contributed by atoms with Crippen LogP contribution in [0.2, 0.25) is 0 Å². The predicted molar refractivity (Wildman–Crippen MR) is 97.4 cm³/mol. The fraction of sp³-hybridized carbons (Fsp3) is 0.762. The number of aliphatic hydroxyl groups is 5. The Morgan fingerprint density at radius 2 is 2.00 bits per heavy atom. The molecular weight excluding hydrogens is 348 g/mol. The van der Waals surface area contributed by atoms with Gasteiger partial charge in [0.1, 0.15) is 6.10 Å². The molecule has 9 atom stereocenters. The van der Waals surface area contributed by atoms with Gasteiger partial charge in [0.2, 0.25) is 0 Å². The first kappa shape index (κ1) is 19.3. The first-order chi connectivity index (χ1) is 12.6. The van der Waals surface area contributed by atoms with Crippen molar-refractivity contribution >= 4 is 5.78 Å². The van der Waals surface area contributed by atoms with Crippen LogP contribution in [0.15, 0.2) is 23.8 Å². The van der Waals surface area contributed by atoms with Crippen molar-refractivity contribution in [2.45, 2.75) is 63.4 Å². The fourth-order valence-corrected chi connectivity index (χ4v) is 7.12. The van der Waals surface area contributed by atoms with Gasteiger partial charge in [0, 0.05) is 16.7 Å². The Kier molecular flexibility index (Phi) is 4.26. The summed E-state index contributed by atoms with van der Waals surface area (Å²) in [5.74, 6) is -0.343. The molecule has 0 radical (unpaired) electrons. The van der Waals surface area contributed by atoms with Crippen LogP contribution < -0.4 is 0 Å². The highest BCUT2D eigenvalue weighted by Gasteiger charge is 2.68. The van der Waals surface area contributed by atoms with Crippen molar-refractivity contribution in [3.05, 3.63) is 23.8 Å². The summed E-state index contributed by atoms with van der Waals surface area (Å²) in [7, 11) is 0. The molecule has 6 nitrogen and oxygen atoms in total. The number of hydrogen-bond acceptors (Lipinski definition) is 6. The smallest absolute Gasteiger partial charge is 0.178 e. The third-order valence-corrected chi connectivity index (χ3v) is 8.45. The molecule has 0 aliphatic heterocycles. The van der Waals surface area contributed by atoms with Crippen LogP contribution in [0.5, 0.6) is 0 Å². The molecule has 150 valence electrons. The second kappa shape index (κ2) is 5.97. The zero-order valence-corrected chi connectivity index (χ0v) is 15.9. The summed E-state index contributed by atoms with van der Waals surface area (Å²) in [6.07, 6.45) is 3.83. The van der Waals surface area contributed by atoms with Crippen LogP contribution in [-0.4, -0.2) is 61.8 Å². The molecule has 0 heterocycles. The van der Waals surface area contributed by atoms with E-state index in [0.717, 1.165) is 0 Å². The van der Waals surface area contributed by atoms with Gasteiger partial charge in [0.15, 0.2) is 5.78 Å². The van der Waals surface area contributed by atoms with Gasteiger partial charge in [-0.25, -0.2) is 0 Å². The summed E-state index contributed by atoms with van der Waals surface area (Å²) in [5.41, 5.74) is -2.14. The van der Waals surface area contributed by atoms with E-state index in [1.54, 1.807) is 0 Å². The molecule has 4 rings (SSSR count). The molecule has 3 saturated carbocycles. The Labute approximate surface area is 159 Å². The van der Waals surface area contributed by atoms with Crippen molar-refractivity contribution in [3.63, 3.8) is 0 Å². The van der Waals surface area contributed by atoms with Gasteiger partial charge in [-0.1, -0.05) is 19.9 Å². The summed E-state index contributed by atoms with van der Waals surface area (Å²) >= 11 is 0. The average Bonchev–Trinajstić information content (AvgIpc) is 2.87. The Bertz CT molecular complexity index is 715. The summed E-state index contributed by atoms with van der Waals surface area (Å²) in [4.78, 5) is 11.9. The minimum Gasteiger partial charge on any atom is -0.394 e. The molecule has 0 unspecified atom stereocenters. The second-order valence-electron chi connectivity index (χ2n) is 9.52. The summed E-state index contributed by atoms with van der Waals surface area (Å²) in [6.45, 7) is 3.34. The summed E-state index contributed by atoms with van der Waals surface area (Å²) in [5, 5.41) is 53.1. The summed E-state index contributed by atoms with van der Waals surface area (Å²) < 4.78 is 0. The lowest BCUT2D eigenvalue weighted by Crippen LogP contribution is -2.63. The van der Waals surface area contributed by atoms with E-state index in [1.165, 1.54) is 12.2 Å². The third-order valence-electron chi connectivity index (χ3n) is 8.45. The molecule has 0 spiro atoms. The topological polar surface area (TPSA) is 118 Å². The molecule has 0 aromatic heterocycles. The van der Waals surface area contributed by atoms with E-state index in [4.69, 9.17) is 0 Å². The van der Waals surface area contributed by atoms with Crippen molar-refractivity contribution in [3.8, 4) is 0 Å². The van der Waals surface area contributed by atoms with Crippen LogP contribution in [0.1, 0.15) is 39.5 Å². The van der Waals surface area contributed by atoms with E-state index in [2.05, 4.69) is 0 Å². The zero-order valence-electron chi connectivity index (χ0n) is 15.9. The fourth-order valence-electron chi connectivity index (χ4n) is 7.12. The van der Waals surface area contributed by atoms with Crippen LogP contribution >= 0.6 is 0 Å². The number of rotatable bonds is 2. The lowest BCUT2D eigenvalue weighted by atomic mass is 9.45. The number of aliphatic hydroxyl groups excluding tert-OH is 4. The number of allylic oxidation sites excluding steroid dienone is 3. The van der Waals surface area contributed by atoms with E-state index in [9.17, 15) is 30.3 Å². The number of ketones is 1. The van der Waals surface area contributed by atoms with Crippen LogP contribution in [0.4, 0.5) is 0 Å². The van der Waals surface area contributed by atoms with Gasteiger partial charge in [-0.3, -0.25) is 4.79 Å². The minimum atomic E-state index is -1.46. The average molecular weight is 378 g/mol. The van der Waals surface area contributed by atoms with Crippen LogP contribution in [-0.2, 0) is 4.79 Å². The molecule has 27 heavy (non-hydrogen) atoms. The molecular formula is C21H30O6. The van der Waals surface area contributed by atoms with Gasteiger partial charge >= 0.3 is 0 Å².